The molecule has 0 saturated carbocycles. The third-order valence-electron chi connectivity index (χ3n) is 5.35. The van der Waals surface area contributed by atoms with E-state index in [1.54, 1.807) is 12.1 Å². The average Bonchev–Trinajstić information content (AvgIpc) is 3.21. The lowest BCUT2D eigenvalue weighted by molar-refractivity contribution is 0.0953. The molecule has 3 aromatic rings. The van der Waals surface area contributed by atoms with Gasteiger partial charge in [0.05, 0.1) is 5.69 Å². The fourth-order valence-corrected chi connectivity index (χ4v) is 3.87. The molecule has 2 aromatic carbocycles. The van der Waals surface area contributed by atoms with Crippen LogP contribution in [-0.4, -0.2) is 29.0 Å². The molecule has 1 atom stereocenters. The van der Waals surface area contributed by atoms with E-state index >= 15 is 4.39 Å². The molecule has 5 nitrogen and oxygen atoms in total. The number of carbonyl (C=O) groups is 1. The summed E-state index contributed by atoms with van der Waals surface area (Å²) in [6.07, 6.45) is 1.71. The lowest BCUT2D eigenvalue weighted by Crippen LogP contribution is -2.25. The van der Waals surface area contributed by atoms with Crippen molar-refractivity contribution in [2.75, 3.05) is 18.0 Å². The molecule has 2 heterocycles. The maximum absolute atomic E-state index is 15.1. The molecule has 4 rings (SSSR count). The first-order chi connectivity index (χ1) is 14.6. The number of fused-ring (bicyclic) bond motifs is 1. The Hall–Kier alpha value is -3.28. The second kappa shape index (κ2) is 8.61. The minimum absolute atomic E-state index is 0.0535. The van der Waals surface area contributed by atoms with E-state index in [1.165, 1.54) is 6.33 Å². The van der Waals surface area contributed by atoms with Gasteiger partial charge in [-0.3, -0.25) is 4.79 Å². The summed E-state index contributed by atoms with van der Waals surface area (Å²) in [4.78, 5) is 23.1. The Balaban J connectivity index is 1.63. The van der Waals surface area contributed by atoms with Crippen LogP contribution in [0.3, 0.4) is 0 Å². The molecule has 30 heavy (non-hydrogen) atoms. The number of carbonyl (C=O) groups excluding carboxylic acids is 1. The number of aromatic nitrogens is 2. The van der Waals surface area contributed by atoms with Gasteiger partial charge in [0.1, 0.15) is 12.1 Å². The fraction of sp³-hybridized carbons (Fsp3) is 0.292. The largest absolute Gasteiger partial charge is 0.352 e. The van der Waals surface area contributed by atoms with Gasteiger partial charge in [-0.05, 0) is 43.0 Å². The highest BCUT2D eigenvalue weighted by molar-refractivity contribution is 5.98. The van der Waals surface area contributed by atoms with Gasteiger partial charge in [0.15, 0.2) is 6.17 Å². The number of hydrogen-bond acceptors (Lipinski definition) is 4. The Labute approximate surface area is 176 Å². The van der Waals surface area contributed by atoms with Gasteiger partial charge in [0.25, 0.3) is 5.91 Å². The van der Waals surface area contributed by atoms with Crippen LogP contribution in [0.4, 0.5) is 15.9 Å². The van der Waals surface area contributed by atoms with E-state index < -0.39 is 6.17 Å². The maximum Gasteiger partial charge on any atom is 0.251 e. The molecule has 1 aromatic heterocycles. The van der Waals surface area contributed by atoms with Crippen molar-refractivity contribution in [1.29, 1.82) is 0 Å². The molecule has 0 fully saturated rings. The van der Waals surface area contributed by atoms with E-state index in [1.807, 2.05) is 55.1 Å². The number of nitrogens with one attached hydrogen (secondary N) is 1. The SMILES string of the molecule is CCCNC(=O)c1cccc2c1CCN2c1cc(C(F)c2cccc(C)c2)ncn1. The molecule has 1 amide bonds. The van der Waals surface area contributed by atoms with Crippen LogP contribution in [0.1, 0.15) is 52.3 Å². The number of rotatable bonds is 6. The van der Waals surface area contributed by atoms with Crippen LogP contribution in [-0.2, 0) is 6.42 Å². The molecule has 154 valence electrons. The second-order valence-corrected chi connectivity index (χ2v) is 7.54. The fourth-order valence-electron chi connectivity index (χ4n) is 3.87. The Kier molecular flexibility index (Phi) is 5.74. The first-order valence-corrected chi connectivity index (χ1v) is 10.3. The van der Waals surface area contributed by atoms with Crippen LogP contribution >= 0.6 is 0 Å². The van der Waals surface area contributed by atoms with Crippen LogP contribution in [0.25, 0.3) is 0 Å². The normalized spacial score (nSPS) is 13.8. The number of halogens is 1. The van der Waals surface area contributed by atoms with Crippen LogP contribution in [0.15, 0.2) is 54.9 Å². The van der Waals surface area contributed by atoms with Gasteiger partial charge < -0.3 is 10.2 Å². The van der Waals surface area contributed by atoms with Crippen molar-refractivity contribution in [1.82, 2.24) is 15.3 Å². The van der Waals surface area contributed by atoms with Gasteiger partial charge in [0.2, 0.25) is 0 Å². The Morgan fingerprint density at radius 1 is 1.20 bits per heavy atom. The number of aryl methyl sites for hydroxylation is 1. The Morgan fingerprint density at radius 3 is 2.83 bits per heavy atom. The number of amides is 1. The quantitative estimate of drug-likeness (QED) is 0.648. The van der Waals surface area contributed by atoms with Crippen molar-refractivity contribution in [2.45, 2.75) is 32.9 Å². The van der Waals surface area contributed by atoms with Crippen LogP contribution in [0.2, 0.25) is 0 Å². The van der Waals surface area contributed by atoms with E-state index in [0.29, 0.717) is 35.7 Å². The van der Waals surface area contributed by atoms with Crippen LogP contribution < -0.4 is 10.2 Å². The van der Waals surface area contributed by atoms with E-state index in [0.717, 1.165) is 29.7 Å². The van der Waals surface area contributed by atoms with Gasteiger partial charge in [-0.15, -0.1) is 0 Å². The van der Waals surface area contributed by atoms with E-state index in [2.05, 4.69) is 15.3 Å². The van der Waals surface area contributed by atoms with E-state index in [4.69, 9.17) is 0 Å². The van der Waals surface area contributed by atoms with Gasteiger partial charge in [-0.2, -0.15) is 0 Å². The summed E-state index contributed by atoms with van der Waals surface area (Å²) in [6, 6.07) is 14.8. The highest BCUT2D eigenvalue weighted by Crippen LogP contribution is 2.36. The van der Waals surface area contributed by atoms with Crippen molar-refractivity contribution in [3.63, 3.8) is 0 Å². The number of benzene rings is 2. The molecule has 0 bridgehead atoms. The standard InChI is InChI=1S/C24H25FN4O/c1-3-11-26-24(30)19-8-5-9-21-18(19)10-12-29(21)22-14-20(27-15-28-22)23(25)17-7-4-6-16(2)13-17/h4-9,13-15,23H,3,10-12H2,1-2H3,(H,26,30). The third kappa shape index (κ3) is 3.90. The Morgan fingerprint density at radius 2 is 2.03 bits per heavy atom. The predicted molar refractivity (Wildman–Crippen MR) is 116 cm³/mol. The maximum atomic E-state index is 15.1. The molecule has 0 radical (unpaired) electrons. The molecule has 1 aliphatic heterocycles. The molecular weight excluding hydrogens is 379 g/mol. The topological polar surface area (TPSA) is 58.1 Å². The zero-order chi connectivity index (χ0) is 21.1. The van der Waals surface area contributed by atoms with Crippen molar-refractivity contribution in [2.24, 2.45) is 0 Å². The summed E-state index contributed by atoms with van der Waals surface area (Å²) in [5.41, 5.74) is 4.55. The zero-order valence-electron chi connectivity index (χ0n) is 17.2. The number of hydrogen-bond donors (Lipinski definition) is 1. The van der Waals surface area contributed by atoms with Crippen molar-refractivity contribution >= 4 is 17.4 Å². The summed E-state index contributed by atoms with van der Waals surface area (Å²) in [6.45, 7) is 5.31. The van der Waals surface area contributed by atoms with Gasteiger partial charge in [-0.1, -0.05) is 42.8 Å². The lowest BCUT2D eigenvalue weighted by atomic mass is 10.0. The summed E-state index contributed by atoms with van der Waals surface area (Å²) < 4.78 is 15.1. The summed E-state index contributed by atoms with van der Waals surface area (Å²) in [7, 11) is 0. The predicted octanol–water partition coefficient (Wildman–Crippen LogP) is 4.68. The first-order valence-electron chi connectivity index (χ1n) is 10.3. The molecular formula is C24H25FN4O. The van der Waals surface area contributed by atoms with E-state index in [-0.39, 0.29) is 5.91 Å². The highest BCUT2D eigenvalue weighted by Gasteiger charge is 2.27. The number of alkyl halides is 1. The summed E-state index contributed by atoms with van der Waals surface area (Å²) >= 11 is 0. The average molecular weight is 404 g/mol. The number of nitrogens with zero attached hydrogens (tertiary/aromatic N) is 3. The zero-order valence-corrected chi connectivity index (χ0v) is 17.2. The van der Waals surface area contributed by atoms with E-state index in [9.17, 15) is 4.79 Å². The van der Waals surface area contributed by atoms with Crippen LogP contribution in [0, 0.1) is 6.92 Å². The van der Waals surface area contributed by atoms with Crippen molar-refractivity contribution in [3.8, 4) is 0 Å². The molecule has 0 spiro atoms. The molecule has 6 heteroatoms. The smallest absolute Gasteiger partial charge is 0.251 e. The minimum Gasteiger partial charge on any atom is -0.352 e. The highest BCUT2D eigenvalue weighted by atomic mass is 19.1. The second-order valence-electron chi connectivity index (χ2n) is 7.54. The summed E-state index contributed by atoms with van der Waals surface area (Å²) in [5, 5.41) is 2.95. The molecule has 1 aliphatic rings. The van der Waals surface area contributed by atoms with Gasteiger partial charge >= 0.3 is 0 Å². The summed E-state index contributed by atoms with van der Waals surface area (Å²) in [5.74, 6) is 0.586. The van der Waals surface area contributed by atoms with Crippen LogP contribution in [0.5, 0.6) is 0 Å². The minimum atomic E-state index is -1.32. The molecule has 1 unspecified atom stereocenters. The first kappa shape index (κ1) is 20.0. The van der Waals surface area contributed by atoms with Crippen molar-refractivity contribution in [3.05, 3.63) is 82.8 Å². The lowest BCUT2D eigenvalue weighted by Gasteiger charge is -2.20. The van der Waals surface area contributed by atoms with Gasteiger partial charge in [-0.25, -0.2) is 14.4 Å². The third-order valence-corrected chi connectivity index (χ3v) is 5.35. The molecule has 1 N–H and O–H groups in total. The Bertz CT molecular complexity index is 1070. The molecule has 0 saturated heterocycles. The molecule has 0 aliphatic carbocycles. The monoisotopic (exact) mass is 404 g/mol. The number of anilines is 2. The van der Waals surface area contributed by atoms with Gasteiger partial charge in [0, 0.05) is 30.4 Å². The van der Waals surface area contributed by atoms with Crippen molar-refractivity contribution < 1.29 is 9.18 Å².